The van der Waals surface area contributed by atoms with Crippen molar-refractivity contribution in [3.8, 4) is 0 Å². The van der Waals surface area contributed by atoms with Gasteiger partial charge in [0.1, 0.15) is 0 Å². The van der Waals surface area contributed by atoms with E-state index in [1.54, 1.807) is 0 Å². The summed E-state index contributed by atoms with van der Waals surface area (Å²) in [4.78, 5) is 31.3. The second-order valence-corrected chi connectivity index (χ2v) is 8.50. The van der Waals surface area contributed by atoms with Crippen molar-refractivity contribution in [1.29, 1.82) is 0 Å². The molecule has 1 saturated carbocycles. The Morgan fingerprint density at radius 2 is 1.92 bits per heavy atom. The fourth-order valence-electron chi connectivity index (χ4n) is 5.39. The van der Waals surface area contributed by atoms with E-state index in [2.05, 4.69) is 4.90 Å². The van der Waals surface area contributed by atoms with Crippen molar-refractivity contribution in [2.75, 3.05) is 39.9 Å². The van der Waals surface area contributed by atoms with E-state index in [0.29, 0.717) is 18.4 Å². The molecule has 6 heteroatoms. The number of carbonyl (C=O) groups excluding carboxylic acids is 2. The Morgan fingerprint density at radius 1 is 1.20 bits per heavy atom. The quantitative estimate of drug-likeness (QED) is 0.784. The second-order valence-electron chi connectivity index (χ2n) is 8.50. The molecule has 4 fully saturated rings. The van der Waals surface area contributed by atoms with Crippen molar-refractivity contribution in [2.24, 2.45) is 5.92 Å². The van der Waals surface area contributed by atoms with Crippen LogP contribution in [0.2, 0.25) is 0 Å². The Bertz CT molecular complexity index is 518. The van der Waals surface area contributed by atoms with E-state index in [0.717, 1.165) is 51.9 Å². The van der Waals surface area contributed by atoms with Crippen molar-refractivity contribution in [1.82, 2.24) is 14.7 Å². The molecular formula is C19H31N3O3. The number of urea groups is 1. The first-order chi connectivity index (χ1) is 12.1. The molecule has 3 heterocycles. The van der Waals surface area contributed by atoms with Gasteiger partial charge in [-0.15, -0.1) is 0 Å². The summed E-state index contributed by atoms with van der Waals surface area (Å²) in [5.74, 6) is 0.937. The van der Waals surface area contributed by atoms with Gasteiger partial charge in [-0.1, -0.05) is 12.8 Å². The first-order valence-electron chi connectivity index (χ1n) is 9.99. The monoisotopic (exact) mass is 349 g/mol. The molecule has 4 aliphatic rings. The highest BCUT2D eigenvalue weighted by Crippen LogP contribution is 2.37. The number of ether oxygens (including phenoxy) is 1. The van der Waals surface area contributed by atoms with Gasteiger partial charge < -0.3 is 19.4 Å². The molecule has 0 aromatic heterocycles. The number of hydrogen-bond donors (Lipinski definition) is 0. The molecule has 0 aromatic rings. The molecule has 0 bridgehead atoms. The summed E-state index contributed by atoms with van der Waals surface area (Å²) in [6.07, 6.45) is 8.48. The smallest absolute Gasteiger partial charge is 0.320 e. The zero-order chi connectivity index (χ0) is 17.4. The molecule has 6 nitrogen and oxygen atoms in total. The van der Waals surface area contributed by atoms with Gasteiger partial charge in [0.25, 0.3) is 0 Å². The van der Waals surface area contributed by atoms with E-state index in [9.17, 15) is 9.59 Å². The van der Waals surface area contributed by atoms with Gasteiger partial charge >= 0.3 is 6.03 Å². The number of likely N-dealkylation sites (N-methyl/N-ethyl adjacent to an activating group) is 1. The minimum Gasteiger partial charge on any atom is -0.379 e. The predicted octanol–water partition coefficient (Wildman–Crippen LogP) is 2.08. The summed E-state index contributed by atoms with van der Waals surface area (Å²) in [5.41, 5.74) is -0.132. The van der Waals surface area contributed by atoms with Gasteiger partial charge in [-0.3, -0.25) is 4.79 Å². The molecule has 1 atom stereocenters. The molecule has 3 saturated heterocycles. The van der Waals surface area contributed by atoms with Crippen LogP contribution in [0.25, 0.3) is 0 Å². The summed E-state index contributed by atoms with van der Waals surface area (Å²) in [6.45, 7) is 3.76. The van der Waals surface area contributed by atoms with Crippen LogP contribution in [0.3, 0.4) is 0 Å². The molecule has 3 aliphatic heterocycles. The molecule has 0 N–H and O–H groups in total. The van der Waals surface area contributed by atoms with Gasteiger partial charge in [0, 0.05) is 45.8 Å². The van der Waals surface area contributed by atoms with Gasteiger partial charge in [-0.2, -0.15) is 0 Å². The lowest BCUT2D eigenvalue weighted by atomic mass is 9.92. The highest BCUT2D eigenvalue weighted by Gasteiger charge is 2.53. The Labute approximate surface area is 150 Å². The molecule has 25 heavy (non-hydrogen) atoms. The van der Waals surface area contributed by atoms with E-state index < -0.39 is 0 Å². The number of rotatable bonds is 3. The number of carbonyl (C=O) groups is 2. The lowest BCUT2D eigenvalue weighted by Crippen LogP contribution is -2.56. The highest BCUT2D eigenvalue weighted by molar-refractivity contribution is 5.79. The number of nitrogens with zero attached hydrogens (tertiary/aromatic N) is 3. The summed E-state index contributed by atoms with van der Waals surface area (Å²) < 4.78 is 5.65. The zero-order valence-electron chi connectivity index (χ0n) is 15.4. The minimum atomic E-state index is -0.132. The van der Waals surface area contributed by atoms with Crippen molar-refractivity contribution in [3.63, 3.8) is 0 Å². The predicted molar refractivity (Wildman–Crippen MR) is 94.2 cm³/mol. The van der Waals surface area contributed by atoms with Gasteiger partial charge in [0.15, 0.2) is 0 Å². The molecule has 140 valence electrons. The van der Waals surface area contributed by atoms with Gasteiger partial charge in [0.2, 0.25) is 5.91 Å². The van der Waals surface area contributed by atoms with Crippen molar-refractivity contribution in [3.05, 3.63) is 0 Å². The maximum absolute atomic E-state index is 12.7. The molecule has 1 spiro atoms. The lowest BCUT2D eigenvalue weighted by molar-refractivity contribution is -0.133. The van der Waals surface area contributed by atoms with Crippen molar-refractivity contribution < 1.29 is 14.3 Å². The Balaban J connectivity index is 1.36. The largest absolute Gasteiger partial charge is 0.379 e. The van der Waals surface area contributed by atoms with Crippen molar-refractivity contribution >= 4 is 11.9 Å². The van der Waals surface area contributed by atoms with Crippen molar-refractivity contribution in [2.45, 2.75) is 62.9 Å². The summed E-state index contributed by atoms with van der Waals surface area (Å²) in [5, 5.41) is 0. The third-order valence-corrected chi connectivity index (χ3v) is 6.78. The van der Waals surface area contributed by atoms with E-state index in [-0.39, 0.29) is 17.6 Å². The van der Waals surface area contributed by atoms with E-state index in [1.165, 1.54) is 25.7 Å². The van der Waals surface area contributed by atoms with Crippen LogP contribution in [-0.4, -0.2) is 78.1 Å². The van der Waals surface area contributed by atoms with Crippen LogP contribution < -0.4 is 0 Å². The molecule has 3 amide bonds. The minimum absolute atomic E-state index is 0.132. The fraction of sp³-hybridized carbons (Fsp3) is 0.895. The van der Waals surface area contributed by atoms with Crippen LogP contribution in [0.1, 0.15) is 51.4 Å². The SMILES string of the molecule is CN1CC2(CCOC2)N(C2CCN(C(=O)CC3CCCC3)CC2)C1=O. The fourth-order valence-corrected chi connectivity index (χ4v) is 5.39. The maximum atomic E-state index is 12.7. The third kappa shape index (κ3) is 3.14. The normalized spacial score (nSPS) is 31.7. The van der Waals surface area contributed by atoms with E-state index in [4.69, 9.17) is 4.74 Å². The van der Waals surface area contributed by atoms with Gasteiger partial charge in [-0.05, 0) is 38.0 Å². The average Bonchev–Trinajstić information content (AvgIpc) is 3.32. The number of amides is 3. The van der Waals surface area contributed by atoms with Crippen LogP contribution >= 0.6 is 0 Å². The standard InChI is InChI=1S/C19H31N3O3/c1-20-13-19(8-11-25-14-19)22(18(20)24)16-6-9-21(10-7-16)17(23)12-15-4-2-3-5-15/h15-16H,2-14H2,1H3. The number of hydrogen-bond acceptors (Lipinski definition) is 3. The van der Waals surface area contributed by atoms with Crippen LogP contribution in [-0.2, 0) is 9.53 Å². The maximum Gasteiger partial charge on any atom is 0.320 e. The van der Waals surface area contributed by atoms with Crippen LogP contribution in [0.4, 0.5) is 4.79 Å². The number of piperidine rings is 1. The Morgan fingerprint density at radius 3 is 2.56 bits per heavy atom. The topological polar surface area (TPSA) is 53.1 Å². The molecule has 4 rings (SSSR count). The molecular weight excluding hydrogens is 318 g/mol. The summed E-state index contributed by atoms with van der Waals surface area (Å²) in [7, 11) is 1.89. The van der Waals surface area contributed by atoms with Gasteiger partial charge in [-0.25, -0.2) is 4.79 Å². The average molecular weight is 349 g/mol. The first-order valence-corrected chi connectivity index (χ1v) is 9.99. The lowest BCUT2D eigenvalue weighted by Gasteiger charge is -2.42. The van der Waals surface area contributed by atoms with E-state index in [1.807, 2.05) is 16.8 Å². The summed E-state index contributed by atoms with van der Waals surface area (Å²) >= 11 is 0. The molecule has 1 aliphatic carbocycles. The van der Waals surface area contributed by atoms with Gasteiger partial charge in [0.05, 0.1) is 12.1 Å². The molecule has 0 radical (unpaired) electrons. The van der Waals surface area contributed by atoms with E-state index >= 15 is 0 Å². The third-order valence-electron chi connectivity index (χ3n) is 6.78. The first kappa shape index (κ1) is 17.1. The number of likely N-dealkylation sites (tertiary alicyclic amines) is 1. The second kappa shape index (κ2) is 6.78. The van der Waals surface area contributed by atoms with Crippen LogP contribution in [0, 0.1) is 5.92 Å². The molecule has 1 unspecified atom stereocenters. The Hall–Kier alpha value is -1.30. The Kier molecular flexibility index (Phi) is 4.65. The highest BCUT2D eigenvalue weighted by atomic mass is 16.5. The molecule has 0 aromatic carbocycles. The zero-order valence-corrected chi connectivity index (χ0v) is 15.4. The van der Waals surface area contributed by atoms with Crippen LogP contribution in [0.5, 0.6) is 0 Å². The summed E-state index contributed by atoms with van der Waals surface area (Å²) in [6, 6.07) is 0.385. The van der Waals surface area contributed by atoms with Crippen LogP contribution in [0.15, 0.2) is 0 Å².